The minimum Gasteiger partial charge on any atom is -0.383 e. The Morgan fingerprint density at radius 1 is 1.17 bits per heavy atom. The van der Waals surface area contributed by atoms with Crippen molar-refractivity contribution in [2.75, 3.05) is 5.73 Å². The first-order valence-electron chi connectivity index (χ1n) is 7.06. The maximum absolute atomic E-state index is 13.4. The van der Waals surface area contributed by atoms with E-state index < -0.39 is 29.0 Å². The van der Waals surface area contributed by atoms with E-state index in [2.05, 4.69) is 5.10 Å². The minimum atomic E-state index is -4.74. The highest BCUT2D eigenvalue weighted by atomic mass is 19.4. The van der Waals surface area contributed by atoms with E-state index in [0.717, 1.165) is 29.2 Å². The Balaban J connectivity index is 2.04. The topological polar surface area (TPSA) is 60.9 Å². The highest BCUT2D eigenvalue weighted by Gasteiger charge is 2.32. The van der Waals surface area contributed by atoms with Crippen LogP contribution in [0.15, 0.2) is 18.2 Å². The number of rotatable bonds is 1. The van der Waals surface area contributed by atoms with Crippen molar-refractivity contribution in [2.45, 2.75) is 31.9 Å². The number of nitrogen functional groups attached to an aromatic ring is 1. The van der Waals surface area contributed by atoms with Crippen LogP contribution in [0.4, 0.5) is 23.4 Å². The van der Waals surface area contributed by atoms with Crippen LogP contribution in [0.1, 0.15) is 40.0 Å². The van der Waals surface area contributed by atoms with Crippen molar-refractivity contribution >= 4 is 11.7 Å². The maximum Gasteiger partial charge on any atom is 0.416 e. The molecule has 1 aliphatic carbocycles. The van der Waals surface area contributed by atoms with Crippen LogP contribution in [-0.4, -0.2) is 15.7 Å². The van der Waals surface area contributed by atoms with Crippen molar-refractivity contribution in [1.82, 2.24) is 9.78 Å². The molecule has 2 aromatic rings. The molecule has 122 valence electrons. The van der Waals surface area contributed by atoms with E-state index in [1.165, 1.54) is 0 Å². The molecule has 1 aromatic carbocycles. The smallest absolute Gasteiger partial charge is 0.383 e. The number of aryl methyl sites for hydroxylation is 1. The Kier molecular flexibility index (Phi) is 3.62. The molecule has 8 heteroatoms. The molecule has 0 bridgehead atoms. The number of carbonyl (C=O) groups excluding carboxylic acids is 1. The summed E-state index contributed by atoms with van der Waals surface area (Å²) >= 11 is 0. The Morgan fingerprint density at radius 3 is 2.52 bits per heavy atom. The van der Waals surface area contributed by atoms with Crippen LogP contribution in [0.2, 0.25) is 0 Å². The fourth-order valence-electron chi connectivity index (χ4n) is 2.73. The second kappa shape index (κ2) is 5.36. The molecule has 0 unspecified atom stereocenters. The lowest BCUT2D eigenvalue weighted by Crippen LogP contribution is -2.18. The lowest BCUT2D eigenvalue weighted by molar-refractivity contribution is -0.137. The molecular formula is C15H13F4N3O. The molecule has 0 saturated carbocycles. The summed E-state index contributed by atoms with van der Waals surface area (Å²) in [7, 11) is 0. The minimum absolute atomic E-state index is 0.113. The first-order chi connectivity index (χ1) is 10.8. The lowest BCUT2D eigenvalue weighted by atomic mass is 9.98. The van der Waals surface area contributed by atoms with Crippen molar-refractivity contribution in [2.24, 2.45) is 0 Å². The quantitative estimate of drug-likeness (QED) is 0.818. The van der Waals surface area contributed by atoms with Crippen molar-refractivity contribution in [3.8, 4) is 0 Å². The van der Waals surface area contributed by atoms with E-state index in [-0.39, 0.29) is 5.82 Å². The summed E-state index contributed by atoms with van der Waals surface area (Å²) < 4.78 is 52.6. The monoisotopic (exact) mass is 327 g/mol. The van der Waals surface area contributed by atoms with Crippen molar-refractivity contribution in [3.63, 3.8) is 0 Å². The van der Waals surface area contributed by atoms with Gasteiger partial charge in [-0.25, -0.2) is 4.39 Å². The molecule has 1 aromatic heterocycles. The summed E-state index contributed by atoms with van der Waals surface area (Å²) in [6.45, 7) is 0. The third kappa shape index (κ3) is 2.80. The first kappa shape index (κ1) is 15.5. The SMILES string of the molecule is Nc1c2c(nn1C(=O)c1cc(F)cc(C(F)(F)F)c1)CCCC2. The maximum atomic E-state index is 13.4. The number of benzene rings is 1. The van der Waals surface area contributed by atoms with E-state index in [1.807, 2.05) is 0 Å². The highest BCUT2D eigenvalue weighted by molar-refractivity contribution is 5.97. The molecule has 0 radical (unpaired) electrons. The summed E-state index contributed by atoms with van der Waals surface area (Å²) in [6.07, 6.45) is -1.58. The van der Waals surface area contributed by atoms with Crippen LogP contribution < -0.4 is 5.73 Å². The molecule has 1 aliphatic rings. The summed E-state index contributed by atoms with van der Waals surface area (Å²) in [6, 6.07) is 1.69. The predicted octanol–water partition coefficient (Wildman–Crippen LogP) is 3.19. The summed E-state index contributed by atoms with van der Waals surface area (Å²) in [5, 5.41) is 4.09. The standard InChI is InChI=1S/C15H13F4N3O/c16-10-6-8(5-9(7-10)15(17,18)19)14(23)22-13(20)11-3-1-2-4-12(11)21-22/h5-7H,1-4,20H2. The second-order valence-corrected chi connectivity index (χ2v) is 5.46. The van der Waals surface area contributed by atoms with Crippen LogP contribution in [0.3, 0.4) is 0 Å². The first-order valence-corrected chi connectivity index (χ1v) is 7.06. The van der Waals surface area contributed by atoms with Crippen molar-refractivity contribution in [3.05, 3.63) is 46.4 Å². The average Bonchev–Trinajstić information content (AvgIpc) is 2.82. The van der Waals surface area contributed by atoms with Gasteiger partial charge in [-0.15, -0.1) is 0 Å². The molecule has 0 saturated heterocycles. The van der Waals surface area contributed by atoms with Crippen molar-refractivity contribution in [1.29, 1.82) is 0 Å². The van der Waals surface area contributed by atoms with Gasteiger partial charge in [0, 0.05) is 11.1 Å². The number of nitrogens with two attached hydrogens (primary N) is 1. The van der Waals surface area contributed by atoms with Crippen molar-refractivity contribution < 1.29 is 22.4 Å². The predicted molar refractivity (Wildman–Crippen MR) is 74.4 cm³/mol. The summed E-state index contributed by atoms with van der Waals surface area (Å²) in [4.78, 5) is 12.4. The van der Waals surface area contributed by atoms with Gasteiger partial charge >= 0.3 is 6.18 Å². The Labute approximate surface area is 128 Å². The summed E-state index contributed by atoms with van der Waals surface area (Å²) in [5.41, 5.74) is 5.64. The van der Waals surface area contributed by atoms with Gasteiger partial charge in [0.05, 0.1) is 11.3 Å². The van der Waals surface area contributed by atoms with Gasteiger partial charge in [0.1, 0.15) is 11.6 Å². The van der Waals surface area contributed by atoms with E-state index in [0.29, 0.717) is 30.7 Å². The zero-order valence-electron chi connectivity index (χ0n) is 12.0. The molecule has 0 spiro atoms. The number of hydrogen-bond donors (Lipinski definition) is 1. The van der Waals surface area contributed by atoms with Crippen LogP contribution in [0.25, 0.3) is 0 Å². The molecule has 4 nitrogen and oxygen atoms in total. The fraction of sp³-hybridized carbons (Fsp3) is 0.333. The van der Waals surface area contributed by atoms with E-state index >= 15 is 0 Å². The van der Waals surface area contributed by atoms with Gasteiger partial charge in [-0.1, -0.05) is 0 Å². The van der Waals surface area contributed by atoms with Gasteiger partial charge in [0.15, 0.2) is 0 Å². The Hall–Kier alpha value is -2.38. The number of fused-ring (bicyclic) bond motifs is 1. The van der Waals surface area contributed by atoms with Crippen LogP contribution >= 0.6 is 0 Å². The number of alkyl halides is 3. The van der Waals surface area contributed by atoms with Gasteiger partial charge in [-0.2, -0.15) is 23.0 Å². The molecular weight excluding hydrogens is 314 g/mol. The fourth-order valence-corrected chi connectivity index (χ4v) is 2.73. The number of halogens is 4. The van der Waals surface area contributed by atoms with Crippen LogP contribution in [-0.2, 0) is 19.0 Å². The zero-order chi connectivity index (χ0) is 16.8. The number of aromatic nitrogens is 2. The molecule has 0 aliphatic heterocycles. The molecule has 1 heterocycles. The molecule has 2 N–H and O–H groups in total. The van der Waals surface area contributed by atoms with Crippen LogP contribution in [0, 0.1) is 5.82 Å². The largest absolute Gasteiger partial charge is 0.416 e. The number of carbonyl (C=O) groups is 1. The summed E-state index contributed by atoms with van der Waals surface area (Å²) in [5.74, 6) is -1.90. The Morgan fingerprint density at radius 2 is 1.87 bits per heavy atom. The van der Waals surface area contributed by atoms with Gasteiger partial charge in [0.25, 0.3) is 5.91 Å². The van der Waals surface area contributed by atoms with Crippen LogP contribution in [0.5, 0.6) is 0 Å². The average molecular weight is 327 g/mol. The van der Waals surface area contributed by atoms with Gasteiger partial charge < -0.3 is 5.73 Å². The molecule has 0 amide bonds. The second-order valence-electron chi connectivity index (χ2n) is 5.46. The third-order valence-corrected chi connectivity index (χ3v) is 3.86. The number of nitrogens with zero attached hydrogens (tertiary/aromatic N) is 2. The molecule has 0 fully saturated rings. The lowest BCUT2D eigenvalue weighted by Gasteiger charge is -2.10. The van der Waals surface area contributed by atoms with E-state index in [9.17, 15) is 22.4 Å². The van der Waals surface area contributed by atoms with Gasteiger partial charge in [-0.3, -0.25) is 4.79 Å². The molecule has 3 rings (SSSR count). The highest BCUT2D eigenvalue weighted by Crippen LogP contribution is 2.31. The van der Waals surface area contributed by atoms with Gasteiger partial charge in [0.2, 0.25) is 0 Å². The Bertz CT molecular complexity index is 780. The number of anilines is 1. The van der Waals surface area contributed by atoms with E-state index in [4.69, 9.17) is 5.73 Å². The molecule has 23 heavy (non-hydrogen) atoms. The molecule has 0 atom stereocenters. The zero-order valence-corrected chi connectivity index (χ0v) is 12.0. The third-order valence-electron chi connectivity index (χ3n) is 3.86. The van der Waals surface area contributed by atoms with E-state index in [1.54, 1.807) is 0 Å². The number of hydrogen-bond acceptors (Lipinski definition) is 3. The van der Waals surface area contributed by atoms with Gasteiger partial charge in [-0.05, 0) is 43.9 Å². The normalized spacial score (nSPS) is 14.6.